The number of benzene rings is 1. The Bertz CT molecular complexity index is 833. The highest BCUT2D eigenvalue weighted by atomic mass is 32.2. The average Bonchev–Trinajstić information content (AvgIpc) is 2.96. The van der Waals surface area contributed by atoms with E-state index in [-0.39, 0.29) is 4.90 Å². The van der Waals surface area contributed by atoms with Crippen molar-refractivity contribution in [1.82, 2.24) is 10.2 Å². The van der Waals surface area contributed by atoms with Crippen molar-refractivity contribution < 1.29 is 8.42 Å². The molecule has 0 saturated carbocycles. The minimum Gasteiger partial charge on any atom is -0.281 e. The standard InChI is InChI=1S/C12H11N3O2S2/c1-8-12(7-13-14-8)19(16,17)15-10-2-3-11-9(6-10)4-5-18-11/h2-7,15H,1H3,(H,13,14). The molecule has 2 heterocycles. The highest BCUT2D eigenvalue weighted by Gasteiger charge is 2.18. The molecule has 0 bridgehead atoms. The molecule has 3 aromatic rings. The summed E-state index contributed by atoms with van der Waals surface area (Å²) in [4.78, 5) is 0.165. The molecule has 2 N–H and O–H groups in total. The van der Waals surface area contributed by atoms with E-state index in [1.54, 1.807) is 24.3 Å². The third kappa shape index (κ3) is 2.22. The number of aromatic nitrogens is 2. The third-order valence-electron chi connectivity index (χ3n) is 2.78. The van der Waals surface area contributed by atoms with Crippen molar-refractivity contribution in [3.63, 3.8) is 0 Å². The predicted octanol–water partition coefficient (Wildman–Crippen LogP) is 2.73. The maximum absolute atomic E-state index is 12.2. The van der Waals surface area contributed by atoms with E-state index in [1.807, 2.05) is 23.6 Å². The number of nitrogens with one attached hydrogen (secondary N) is 2. The monoisotopic (exact) mass is 293 g/mol. The van der Waals surface area contributed by atoms with E-state index in [4.69, 9.17) is 0 Å². The molecule has 0 amide bonds. The second-order valence-corrected chi connectivity index (χ2v) is 6.74. The molecular weight excluding hydrogens is 282 g/mol. The van der Waals surface area contributed by atoms with Gasteiger partial charge >= 0.3 is 0 Å². The van der Waals surface area contributed by atoms with Gasteiger partial charge in [-0.15, -0.1) is 11.3 Å². The van der Waals surface area contributed by atoms with Crippen molar-refractivity contribution in [2.45, 2.75) is 11.8 Å². The number of sulfonamides is 1. The van der Waals surface area contributed by atoms with E-state index in [0.717, 1.165) is 10.1 Å². The molecule has 0 saturated heterocycles. The molecule has 3 rings (SSSR count). The Balaban J connectivity index is 1.98. The van der Waals surface area contributed by atoms with Gasteiger partial charge in [-0.05, 0) is 42.0 Å². The third-order valence-corrected chi connectivity index (χ3v) is 5.17. The number of rotatable bonds is 3. The molecule has 0 aliphatic rings. The summed E-state index contributed by atoms with van der Waals surface area (Å²) in [6.45, 7) is 1.67. The molecular formula is C12H11N3O2S2. The van der Waals surface area contributed by atoms with Gasteiger partial charge in [0, 0.05) is 10.4 Å². The molecule has 1 aromatic carbocycles. The minimum absolute atomic E-state index is 0.165. The Morgan fingerprint density at radius 1 is 1.32 bits per heavy atom. The van der Waals surface area contributed by atoms with Gasteiger partial charge < -0.3 is 0 Å². The summed E-state index contributed by atoms with van der Waals surface area (Å²) < 4.78 is 28.1. The predicted molar refractivity (Wildman–Crippen MR) is 76.0 cm³/mol. The number of hydrogen-bond donors (Lipinski definition) is 2. The molecule has 0 unspecified atom stereocenters. The van der Waals surface area contributed by atoms with Crippen LogP contribution in [0.5, 0.6) is 0 Å². The first-order valence-corrected chi connectivity index (χ1v) is 7.92. The average molecular weight is 293 g/mol. The van der Waals surface area contributed by atoms with Crippen molar-refractivity contribution in [3.05, 3.63) is 41.5 Å². The van der Waals surface area contributed by atoms with Gasteiger partial charge in [0.25, 0.3) is 10.0 Å². The fraction of sp³-hybridized carbons (Fsp3) is 0.0833. The summed E-state index contributed by atoms with van der Waals surface area (Å²) in [5, 5.41) is 9.34. The van der Waals surface area contributed by atoms with Crippen molar-refractivity contribution in [1.29, 1.82) is 0 Å². The smallest absolute Gasteiger partial charge is 0.265 e. The van der Waals surface area contributed by atoms with Crippen LogP contribution >= 0.6 is 11.3 Å². The Morgan fingerprint density at radius 2 is 2.16 bits per heavy atom. The van der Waals surface area contributed by atoms with Crippen LogP contribution in [0.25, 0.3) is 10.1 Å². The number of thiophene rings is 1. The van der Waals surface area contributed by atoms with E-state index in [9.17, 15) is 8.42 Å². The van der Waals surface area contributed by atoms with Crippen LogP contribution in [-0.4, -0.2) is 18.6 Å². The van der Waals surface area contributed by atoms with Crippen LogP contribution in [0, 0.1) is 6.92 Å². The molecule has 0 aliphatic carbocycles. The van der Waals surface area contributed by atoms with E-state index in [1.165, 1.54) is 6.20 Å². The normalized spacial score (nSPS) is 11.8. The van der Waals surface area contributed by atoms with Crippen LogP contribution in [0.15, 0.2) is 40.7 Å². The first-order valence-electron chi connectivity index (χ1n) is 5.56. The fourth-order valence-corrected chi connectivity index (χ4v) is 3.81. The number of aryl methyl sites for hydroxylation is 1. The number of aromatic amines is 1. The second kappa shape index (κ2) is 4.36. The quantitative estimate of drug-likeness (QED) is 0.779. The lowest BCUT2D eigenvalue weighted by Crippen LogP contribution is -2.13. The molecule has 2 aromatic heterocycles. The van der Waals surface area contributed by atoms with Gasteiger partial charge in [0.15, 0.2) is 0 Å². The topological polar surface area (TPSA) is 74.8 Å². The Labute approximate surface area is 114 Å². The molecule has 98 valence electrons. The maximum Gasteiger partial charge on any atom is 0.265 e. The van der Waals surface area contributed by atoms with Gasteiger partial charge in [-0.25, -0.2) is 8.42 Å². The van der Waals surface area contributed by atoms with E-state index in [2.05, 4.69) is 14.9 Å². The molecule has 0 fully saturated rings. The first-order chi connectivity index (χ1) is 9.06. The van der Waals surface area contributed by atoms with E-state index >= 15 is 0 Å². The largest absolute Gasteiger partial charge is 0.281 e. The molecule has 0 atom stereocenters. The van der Waals surface area contributed by atoms with Gasteiger partial charge in [-0.3, -0.25) is 9.82 Å². The summed E-state index contributed by atoms with van der Waals surface area (Å²) in [5.41, 5.74) is 1.07. The number of H-pyrrole nitrogens is 1. The lowest BCUT2D eigenvalue weighted by molar-refractivity contribution is 0.600. The van der Waals surface area contributed by atoms with Crippen LogP contribution in [-0.2, 0) is 10.0 Å². The molecule has 0 aliphatic heterocycles. The highest BCUT2D eigenvalue weighted by Crippen LogP contribution is 2.25. The summed E-state index contributed by atoms with van der Waals surface area (Å²) in [7, 11) is -3.59. The number of hydrogen-bond acceptors (Lipinski definition) is 4. The Morgan fingerprint density at radius 3 is 2.89 bits per heavy atom. The van der Waals surface area contributed by atoms with Crippen LogP contribution in [0.3, 0.4) is 0 Å². The fourth-order valence-electron chi connectivity index (χ4n) is 1.85. The van der Waals surface area contributed by atoms with Gasteiger partial charge in [-0.1, -0.05) is 0 Å². The number of nitrogens with zero attached hydrogens (tertiary/aromatic N) is 1. The Hall–Kier alpha value is -1.86. The highest BCUT2D eigenvalue weighted by molar-refractivity contribution is 7.92. The summed E-state index contributed by atoms with van der Waals surface area (Å²) in [6.07, 6.45) is 1.31. The summed E-state index contributed by atoms with van der Waals surface area (Å²) >= 11 is 1.62. The number of fused-ring (bicyclic) bond motifs is 1. The number of anilines is 1. The van der Waals surface area contributed by atoms with E-state index in [0.29, 0.717) is 11.4 Å². The van der Waals surface area contributed by atoms with Crippen molar-refractivity contribution >= 4 is 37.1 Å². The molecule has 0 spiro atoms. The van der Waals surface area contributed by atoms with Crippen molar-refractivity contribution in [2.75, 3.05) is 4.72 Å². The van der Waals surface area contributed by atoms with Gasteiger partial charge in [0.1, 0.15) is 4.90 Å². The van der Waals surface area contributed by atoms with E-state index < -0.39 is 10.0 Å². The van der Waals surface area contributed by atoms with Gasteiger partial charge in [0.2, 0.25) is 0 Å². The Kier molecular flexibility index (Phi) is 2.79. The molecule has 7 heteroatoms. The zero-order valence-corrected chi connectivity index (χ0v) is 11.7. The molecule has 0 radical (unpaired) electrons. The zero-order chi connectivity index (χ0) is 13.5. The second-order valence-electron chi connectivity index (χ2n) is 4.14. The van der Waals surface area contributed by atoms with Crippen LogP contribution in [0.4, 0.5) is 5.69 Å². The molecule has 19 heavy (non-hydrogen) atoms. The van der Waals surface area contributed by atoms with Crippen molar-refractivity contribution in [2.24, 2.45) is 0 Å². The van der Waals surface area contributed by atoms with Gasteiger partial charge in [0.05, 0.1) is 11.9 Å². The molecule has 5 nitrogen and oxygen atoms in total. The van der Waals surface area contributed by atoms with Crippen LogP contribution in [0.1, 0.15) is 5.69 Å². The SMILES string of the molecule is Cc1[nH]ncc1S(=O)(=O)Nc1ccc2sccc2c1. The lowest BCUT2D eigenvalue weighted by Gasteiger charge is -2.07. The van der Waals surface area contributed by atoms with Crippen molar-refractivity contribution in [3.8, 4) is 0 Å². The maximum atomic E-state index is 12.2. The lowest BCUT2D eigenvalue weighted by atomic mass is 10.2. The van der Waals surface area contributed by atoms with Gasteiger partial charge in [-0.2, -0.15) is 5.10 Å². The zero-order valence-electron chi connectivity index (χ0n) is 10.0. The van der Waals surface area contributed by atoms with Crippen LogP contribution < -0.4 is 4.72 Å². The first kappa shape index (κ1) is 12.2. The summed E-state index contributed by atoms with van der Waals surface area (Å²) in [5.74, 6) is 0. The van der Waals surface area contributed by atoms with Crippen LogP contribution in [0.2, 0.25) is 0 Å². The minimum atomic E-state index is -3.59. The summed E-state index contributed by atoms with van der Waals surface area (Å²) in [6, 6.07) is 7.44.